The normalized spacial score (nSPS) is 12.4. The number of carbonyl (C=O) groups is 1. The van der Waals surface area contributed by atoms with Crippen molar-refractivity contribution in [3.8, 4) is 0 Å². The third kappa shape index (κ3) is 3.10. The topological polar surface area (TPSA) is 50.2 Å². The second-order valence-corrected chi connectivity index (χ2v) is 3.98. The quantitative estimate of drug-likeness (QED) is 0.844. The Bertz CT molecular complexity index is 328. The van der Waals surface area contributed by atoms with E-state index in [1.807, 2.05) is 12.1 Å². The van der Waals surface area contributed by atoms with Crippen molar-refractivity contribution in [3.05, 3.63) is 28.5 Å². The molecule has 0 aliphatic heterocycles. The Morgan fingerprint density at radius 2 is 2.43 bits per heavy atom. The lowest BCUT2D eigenvalue weighted by molar-refractivity contribution is -0.141. The number of aliphatic carboxylic acids is 1. The van der Waals surface area contributed by atoms with Gasteiger partial charge in [0.05, 0.1) is 5.92 Å². The number of halogens is 1. The molecule has 3 nitrogen and oxygen atoms in total. The van der Waals surface area contributed by atoms with Crippen LogP contribution in [-0.2, 0) is 11.2 Å². The average molecular weight is 258 g/mol. The molecule has 1 atom stereocenters. The van der Waals surface area contributed by atoms with Crippen molar-refractivity contribution < 1.29 is 9.90 Å². The average Bonchev–Trinajstić information content (AvgIpc) is 2.16. The van der Waals surface area contributed by atoms with Crippen molar-refractivity contribution in [3.63, 3.8) is 0 Å². The molecule has 0 spiro atoms. The van der Waals surface area contributed by atoms with Gasteiger partial charge in [-0.1, -0.05) is 13.0 Å². The summed E-state index contributed by atoms with van der Waals surface area (Å²) in [5.74, 6) is -1.05. The maximum atomic E-state index is 10.6. The van der Waals surface area contributed by atoms with Gasteiger partial charge in [-0.15, -0.1) is 0 Å². The molecule has 1 N–H and O–H groups in total. The summed E-state index contributed by atoms with van der Waals surface area (Å²) in [6.45, 7) is 1.71. The van der Waals surface area contributed by atoms with Gasteiger partial charge in [-0.25, -0.2) is 4.98 Å². The zero-order valence-electron chi connectivity index (χ0n) is 7.90. The number of aromatic nitrogens is 1. The van der Waals surface area contributed by atoms with Gasteiger partial charge in [-0.05, 0) is 40.4 Å². The molecular formula is C10H12BrNO2. The standard InChI is InChI=1S/C10H12BrNO2/c1-7(10(13)14)4-5-8-3-2-6-12-9(8)11/h2-3,6-7H,4-5H2,1H3,(H,13,14). The van der Waals surface area contributed by atoms with E-state index in [0.29, 0.717) is 6.42 Å². The van der Waals surface area contributed by atoms with Gasteiger partial charge >= 0.3 is 5.97 Å². The van der Waals surface area contributed by atoms with E-state index in [-0.39, 0.29) is 5.92 Å². The SMILES string of the molecule is CC(CCc1cccnc1Br)C(=O)O. The third-order valence-electron chi connectivity index (χ3n) is 2.10. The molecule has 0 bridgehead atoms. The molecule has 0 amide bonds. The van der Waals surface area contributed by atoms with Crippen molar-refractivity contribution in [1.29, 1.82) is 0 Å². The van der Waals surface area contributed by atoms with Crippen LogP contribution in [0.2, 0.25) is 0 Å². The number of carboxylic acid groups (broad SMARTS) is 1. The number of hydrogen-bond donors (Lipinski definition) is 1. The van der Waals surface area contributed by atoms with Crippen LogP contribution in [0.1, 0.15) is 18.9 Å². The monoisotopic (exact) mass is 257 g/mol. The second-order valence-electron chi connectivity index (χ2n) is 3.23. The Morgan fingerprint density at radius 3 is 3.00 bits per heavy atom. The fourth-order valence-corrected chi connectivity index (χ4v) is 1.55. The first-order chi connectivity index (χ1) is 6.61. The second kappa shape index (κ2) is 5.10. The number of rotatable bonds is 4. The van der Waals surface area contributed by atoms with E-state index in [2.05, 4.69) is 20.9 Å². The van der Waals surface area contributed by atoms with E-state index < -0.39 is 5.97 Å². The minimum absolute atomic E-state index is 0.304. The molecule has 0 fully saturated rings. The molecule has 0 aromatic carbocycles. The van der Waals surface area contributed by atoms with Gasteiger partial charge in [0.15, 0.2) is 0 Å². The van der Waals surface area contributed by atoms with Crippen molar-refractivity contribution in [2.75, 3.05) is 0 Å². The fourth-order valence-electron chi connectivity index (χ4n) is 1.10. The molecule has 76 valence electrons. The van der Waals surface area contributed by atoms with Crippen LogP contribution in [0.15, 0.2) is 22.9 Å². The lowest BCUT2D eigenvalue weighted by atomic mass is 10.0. The Kier molecular flexibility index (Phi) is 4.07. The fraction of sp³-hybridized carbons (Fsp3) is 0.400. The van der Waals surface area contributed by atoms with E-state index in [9.17, 15) is 4.79 Å². The van der Waals surface area contributed by atoms with Crippen molar-refractivity contribution in [2.24, 2.45) is 5.92 Å². The zero-order valence-corrected chi connectivity index (χ0v) is 9.49. The summed E-state index contributed by atoms with van der Waals surface area (Å²) in [7, 11) is 0. The molecule has 0 radical (unpaired) electrons. The first kappa shape index (κ1) is 11.2. The van der Waals surface area contributed by atoms with Crippen LogP contribution >= 0.6 is 15.9 Å². The number of aryl methyl sites for hydroxylation is 1. The number of nitrogens with zero attached hydrogens (tertiary/aromatic N) is 1. The molecule has 4 heteroatoms. The van der Waals surface area contributed by atoms with Crippen LogP contribution < -0.4 is 0 Å². The Morgan fingerprint density at radius 1 is 1.71 bits per heavy atom. The molecule has 1 aromatic heterocycles. The first-order valence-electron chi connectivity index (χ1n) is 4.43. The van der Waals surface area contributed by atoms with Gasteiger partial charge in [-0.2, -0.15) is 0 Å². The molecule has 0 aliphatic carbocycles. The van der Waals surface area contributed by atoms with E-state index in [0.717, 1.165) is 16.6 Å². The summed E-state index contributed by atoms with van der Waals surface area (Å²) in [6, 6.07) is 3.80. The van der Waals surface area contributed by atoms with Crippen LogP contribution in [0.25, 0.3) is 0 Å². The van der Waals surface area contributed by atoms with E-state index in [1.165, 1.54) is 0 Å². The van der Waals surface area contributed by atoms with Crippen molar-refractivity contribution in [2.45, 2.75) is 19.8 Å². The van der Waals surface area contributed by atoms with Crippen molar-refractivity contribution >= 4 is 21.9 Å². The summed E-state index contributed by atoms with van der Waals surface area (Å²) in [6.07, 6.45) is 3.08. The minimum atomic E-state index is -0.745. The van der Waals surface area contributed by atoms with E-state index >= 15 is 0 Å². The summed E-state index contributed by atoms with van der Waals surface area (Å²) in [5.41, 5.74) is 1.06. The summed E-state index contributed by atoms with van der Waals surface area (Å²) >= 11 is 3.32. The van der Waals surface area contributed by atoms with E-state index in [4.69, 9.17) is 5.11 Å². The highest BCUT2D eigenvalue weighted by Gasteiger charge is 2.11. The summed E-state index contributed by atoms with van der Waals surface area (Å²) < 4.78 is 0.803. The number of pyridine rings is 1. The summed E-state index contributed by atoms with van der Waals surface area (Å²) in [5, 5.41) is 8.70. The van der Waals surface area contributed by atoms with Gasteiger partial charge in [-0.3, -0.25) is 4.79 Å². The number of hydrogen-bond acceptors (Lipinski definition) is 2. The molecule has 14 heavy (non-hydrogen) atoms. The van der Waals surface area contributed by atoms with Gasteiger partial charge < -0.3 is 5.11 Å². The molecule has 0 saturated heterocycles. The van der Waals surface area contributed by atoms with Crippen LogP contribution in [-0.4, -0.2) is 16.1 Å². The molecular weight excluding hydrogens is 246 g/mol. The molecule has 0 saturated carbocycles. The minimum Gasteiger partial charge on any atom is -0.481 e. The van der Waals surface area contributed by atoms with Crippen LogP contribution in [0.3, 0.4) is 0 Å². The van der Waals surface area contributed by atoms with Crippen molar-refractivity contribution in [1.82, 2.24) is 4.98 Å². The first-order valence-corrected chi connectivity index (χ1v) is 5.22. The molecule has 1 aromatic rings. The maximum Gasteiger partial charge on any atom is 0.306 e. The van der Waals surface area contributed by atoms with Gasteiger partial charge in [0, 0.05) is 6.20 Å². The van der Waals surface area contributed by atoms with E-state index in [1.54, 1.807) is 13.1 Å². The smallest absolute Gasteiger partial charge is 0.306 e. The highest BCUT2D eigenvalue weighted by atomic mass is 79.9. The number of carboxylic acids is 1. The Balaban J connectivity index is 2.54. The summed E-state index contributed by atoms with van der Waals surface area (Å²) in [4.78, 5) is 14.6. The lowest BCUT2D eigenvalue weighted by Crippen LogP contribution is -2.10. The highest BCUT2D eigenvalue weighted by molar-refractivity contribution is 9.10. The predicted octanol–water partition coefficient (Wildman–Crippen LogP) is 2.50. The van der Waals surface area contributed by atoms with Crippen LogP contribution in [0.5, 0.6) is 0 Å². The largest absolute Gasteiger partial charge is 0.481 e. The lowest BCUT2D eigenvalue weighted by Gasteiger charge is -2.06. The Labute approximate surface area is 91.3 Å². The van der Waals surface area contributed by atoms with Gasteiger partial charge in [0.25, 0.3) is 0 Å². The predicted molar refractivity (Wildman–Crippen MR) is 57.1 cm³/mol. The molecule has 1 heterocycles. The molecule has 1 unspecified atom stereocenters. The van der Waals surface area contributed by atoms with Crippen LogP contribution in [0, 0.1) is 5.92 Å². The highest BCUT2D eigenvalue weighted by Crippen LogP contribution is 2.16. The zero-order chi connectivity index (χ0) is 10.6. The Hall–Kier alpha value is -0.900. The van der Waals surface area contributed by atoms with Gasteiger partial charge in [0.1, 0.15) is 4.60 Å². The van der Waals surface area contributed by atoms with Gasteiger partial charge in [0.2, 0.25) is 0 Å². The maximum absolute atomic E-state index is 10.6. The molecule has 1 rings (SSSR count). The van der Waals surface area contributed by atoms with Crippen LogP contribution in [0.4, 0.5) is 0 Å². The molecule has 0 aliphatic rings. The third-order valence-corrected chi connectivity index (χ3v) is 2.82.